The molecule has 1 aromatic rings. The number of halogens is 2. The van der Waals surface area contributed by atoms with E-state index in [1.807, 2.05) is 0 Å². The van der Waals surface area contributed by atoms with E-state index in [1.54, 1.807) is 6.07 Å². The summed E-state index contributed by atoms with van der Waals surface area (Å²) in [5.41, 5.74) is 1.79. The maximum atomic E-state index is 12.9. The fraction of sp³-hybridized carbons (Fsp3) is 0.462. The Morgan fingerprint density at radius 3 is 2.72 bits per heavy atom. The van der Waals surface area contributed by atoms with Crippen LogP contribution in [-0.2, 0) is 11.3 Å². The highest BCUT2D eigenvalue weighted by molar-refractivity contribution is 9.10. The van der Waals surface area contributed by atoms with Gasteiger partial charge in [-0.15, -0.1) is 0 Å². The molecule has 1 saturated carbocycles. The SMILES string of the molecule is ON=C1CCC(OCc2ccc(F)cc2Br)CC1. The quantitative estimate of drug-likeness (QED) is 0.679. The predicted molar refractivity (Wildman–Crippen MR) is 70.4 cm³/mol. The van der Waals surface area contributed by atoms with Crippen LogP contribution in [0, 0.1) is 5.82 Å². The van der Waals surface area contributed by atoms with Crippen molar-refractivity contribution in [2.45, 2.75) is 38.4 Å². The van der Waals surface area contributed by atoms with Crippen LogP contribution in [0.1, 0.15) is 31.2 Å². The summed E-state index contributed by atoms with van der Waals surface area (Å²) in [4.78, 5) is 0. The van der Waals surface area contributed by atoms with E-state index in [0.29, 0.717) is 6.61 Å². The van der Waals surface area contributed by atoms with Crippen molar-refractivity contribution in [3.8, 4) is 0 Å². The second-order valence-corrected chi connectivity index (χ2v) is 5.27. The standard InChI is InChI=1S/C13H15BrFNO2/c14-13-7-10(15)2-1-9(13)8-18-12-5-3-11(16-17)4-6-12/h1-2,7,12,17H,3-6,8H2. The Morgan fingerprint density at radius 2 is 2.11 bits per heavy atom. The van der Waals surface area contributed by atoms with E-state index < -0.39 is 0 Å². The average Bonchev–Trinajstić information content (AvgIpc) is 2.38. The molecule has 0 saturated heterocycles. The molecule has 0 bridgehead atoms. The van der Waals surface area contributed by atoms with Crippen LogP contribution in [0.15, 0.2) is 27.8 Å². The predicted octanol–water partition coefficient (Wildman–Crippen LogP) is 3.88. The monoisotopic (exact) mass is 315 g/mol. The lowest BCUT2D eigenvalue weighted by Crippen LogP contribution is -2.21. The number of rotatable bonds is 3. The summed E-state index contributed by atoms with van der Waals surface area (Å²) in [5, 5.41) is 11.9. The molecule has 2 rings (SSSR count). The second kappa shape index (κ2) is 6.29. The van der Waals surface area contributed by atoms with Crippen LogP contribution in [0.3, 0.4) is 0 Å². The van der Waals surface area contributed by atoms with Crippen molar-refractivity contribution in [3.63, 3.8) is 0 Å². The number of ether oxygens (including phenoxy) is 1. The minimum Gasteiger partial charge on any atom is -0.411 e. The van der Waals surface area contributed by atoms with Gasteiger partial charge in [0.05, 0.1) is 18.4 Å². The van der Waals surface area contributed by atoms with Crippen molar-refractivity contribution >= 4 is 21.6 Å². The Balaban J connectivity index is 1.85. The van der Waals surface area contributed by atoms with Crippen molar-refractivity contribution in [2.75, 3.05) is 0 Å². The molecule has 98 valence electrons. The van der Waals surface area contributed by atoms with Crippen molar-refractivity contribution in [1.29, 1.82) is 0 Å². The molecule has 1 aliphatic rings. The first kappa shape index (κ1) is 13.5. The van der Waals surface area contributed by atoms with Crippen LogP contribution in [0.5, 0.6) is 0 Å². The van der Waals surface area contributed by atoms with E-state index >= 15 is 0 Å². The van der Waals surface area contributed by atoms with Crippen LogP contribution >= 0.6 is 15.9 Å². The molecule has 1 aromatic carbocycles. The van der Waals surface area contributed by atoms with Gasteiger partial charge >= 0.3 is 0 Å². The first-order valence-electron chi connectivity index (χ1n) is 5.94. The van der Waals surface area contributed by atoms with Gasteiger partial charge in [0, 0.05) is 4.47 Å². The van der Waals surface area contributed by atoms with Crippen LogP contribution in [0.25, 0.3) is 0 Å². The largest absolute Gasteiger partial charge is 0.411 e. The summed E-state index contributed by atoms with van der Waals surface area (Å²) < 4.78 is 19.4. The first-order valence-corrected chi connectivity index (χ1v) is 6.73. The summed E-state index contributed by atoms with van der Waals surface area (Å²) >= 11 is 3.32. The van der Waals surface area contributed by atoms with Crippen molar-refractivity contribution < 1.29 is 14.3 Å². The van der Waals surface area contributed by atoms with Crippen LogP contribution in [-0.4, -0.2) is 17.0 Å². The third kappa shape index (κ3) is 3.53. The number of oxime groups is 1. The highest BCUT2D eigenvalue weighted by Gasteiger charge is 2.18. The first-order chi connectivity index (χ1) is 8.69. The minimum absolute atomic E-state index is 0.187. The zero-order valence-electron chi connectivity index (χ0n) is 9.90. The maximum absolute atomic E-state index is 12.9. The highest BCUT2D eigenvalue weighted by atomic mass is 79.9. The van der Waals surface area contributed by atoms with E-state index in [4.69, 9.17) is 9.94 Å². The Labute approximate surface area is 114 Å². The van der Waals surface area contributed by atoms with Gasteiger partial charge in [0.2, 0.25) is 0 Å². The van der Waals surface area contributed by atoms with Crippen molar-refractivity contribution in [1.82, 2.24) is 0 Å². The third-order valence-corrected chi connectivity index (χ3v) is 3.88. The molecule has 0 aromatic heterocycles. The molecule has 1 N–H and O–H groups in total. The van der Waals surface area contributed by atoms with E-state index in [2.05, 4.69) is 21.1 Å². The van der Waals surface area contributed by atoms with Crippen LogP contribution < -0.4 is 0 Å². The molecule has 0 atom stereocenters. The average molecular weight is 316 g/mol. The molecule has 5 heteroatoms. The number of hydrogen-bond acceptors (Lipinski definition) is 3. The molecule has 0 amide bonds. The van der Waals surface area contributed by atoms with E-state index in [0.717, 1.165) is 41.4 Å². The lowest BCUT2D eigenvalue weighted by molar-refractivity contribution is 0.0274. The van der Waals surface area contributed by atoms with Gasteiger partial charge in [-0.3, -0.25) is 0 Å². The third-order valence-electron chi connectivity index (χ3n) is 3.14. The number of nitrogens with zero attached hydrogens (tertiary/aromatic N) is 1. The molecule has 3 nitrogen and oxygen atoms in total. The van der Waals surface area contributed by atoms with Crippen LogP contribution in [0.2, 0.25) is 0 Å². The van der Waals surface area contributed by atoms with Crippen molar-refractivity contribution in [3.05, 3.63) is 34.1 Å². The molecular weight excluding hydrogens is 301 g/mol. The van der Waals surface area contributed by atoms with Gasteiger partial charge in [0.25, 0.3) is 0 Å². The zero-order chi connectivity index (χ0) is 13.0. The Kier molecular flexibility index (Phi) is 4.72. The Bertz CT molecular complexity index is 441. The number of hydrogen-bond donors (Lipinski definition) is 1. The summed E-state index contributed by atoms with van der Waals surface area (Å²) in [7, 11) is 0. The number of benzene rings is 1. The van der Waals surface area contributed by atoms with Gasteiger partial charge in [-0.2, -0.15) is 0 Å². The van der Waals surface area contributed by atoms with Crippen LogP contribution in [0.4, 0.5) is 4.39 Å². The van der Waals surface area contributed by atoms with Gasteiger partial charge in [0.1, 0.15) is 5.82 Å². The Morgan fingerprint density at radius 1 is 1.39 bits per heavy atom. The zero-order valence-corrected chi connectivity index (χ0v) is 11.5. The highest BCUT2D eigenvalue weighted by Crippen LogP contribution is 2.23. The molecule has 0 aliphatic heterocycles. The molecule has 1 aliphatic carbocycles. The molecule has 0 unspecified atom stereocenters. The molecule has 0 spiro atoms. The van der Waals surface area contributed by atoms with E-state index in [-0.39, 0.29) is 11.9 Å². The Hall–Kier alpha value is -0.940. The lowest BCUT2D eigenvalue weighted by Gasteiger charge is -2.23. The second-order valence-electron chi connectivity index (χ2n) is 4.41. The molecule has 0 radical (unpaired) electrons. The minimum atomic E-state index is -0.257. The smallest absolute Gasteiger partial charge is 0.124 e. The molecular formula is C13H15BrFNO2. The molecule has 1 fully saturated rings. The molecule has 18 heavy (non-hydrogen) atoms. The van der Waals surface area contributed by atoms with Gasteiger partial charge < -0.3 is 9.94 Å². The normalized spacial score (nSPS) is 19.9. The summed E-state index contributed by atoms with van der Waals surface area (Å²) in [6.45, 7) is 0.469. The summed E-state index contributed by atoms with van der Waals surface area (Å²) in [6.07, 6.45) is 3.50. The fourth-order valence-electron chi connectivity index (χ4n) is 2.04. The summed E-state index contributed by atoms with van der Waals surface area (Å²) in [5.74, 6) is -0.257. The maximum Gasteiger partial charge on any atom is 0.124 e. The fourth-order valence-corrected chi connectivity index (χ4v) is 2.50. The van der Waals surface area contributed by atoms with E-state index in [9.17, 15) is 4.39 Å². The summed E-state index contributed by atoms with van der Waals surface area (Å²) in [6, 6.07) is 4.60. The van der Waals surface area contributed by atoms with Gasteiger partial charge in [-0.25, -0.2) is 4.39 Å². The van der Waals surface area contributed by atoms with Gasteiger partial charge in [-0.05, 0) is 43.4 Å². The topological polar surface area (TPSA) is 41.8 Å². The van der Waals surface area contributed by atoms with Gasteiger partial charge in [-0.1, -0.05) is 27.2 Å². The van der Waals surface area contributed by atoms with Crippen molar-refractivity contribution in [2.24, 2.45) is 5.16 Å². The van der Waals surface area contributed by atoms with E-state index in [1.165, 1.54) is 12.1 Å². The van der Waals surface area contributed by atoms with Gasteiger partial charge in [0.15, 0.2) is 0 Å². The lowest BCUT2D eigenvalue weighted by atomic mass is 9.96. The molecule has 0 heterocycles.